The SMILES string of the molecule is N#CC(Cl)COc1ccc(Br)c(Cl)c1. The average molecular weight is 295 g/mol. The molecular formula is C9H6BrCl2NO. The van der Waals surface area contributed by atoms with E-state index in [2.05, 4.69) is 15.9 Å². The van der Waals surface area contributed by atoms with Gasteiger partial charge in [-0.15, -0.1) is 11.6 Å². The smallest absolute Gasteiger partial charge is 0.154 e. The zero-order valence-electron chi connectivity index (χ0n) is 7.01. The van der Waals surface area contributed by atoms with Crippen LogP contribution < -0.4 is 4.74 Å². The standard InChI is InChI=1S/C9H6BrCl2NO/c10-8-2-1-7(3-9(8)12)14-5-6(11)4-13/h1-3,6H,5H2. The Morgan fingerprint density at radius 3 is 2.86 bits per heavy atom. The van der Waals surface area contributed by atoms with Gasteiger partial charge in [0.2, 0.25) is 0 Å². The molecule has 0 saturated carbocycles. The first kappa shape index (κ1) is 11.6. The summed E-state index contributed by atoms with van der Waals surface area (Å²) in [5.41, 5.74) is 0. The van der Waals surface area contributed by atoms with Crippen molar-refractivity contribution in [2.24, 2.45) is 0 Å². The quantitative estimate of drug-likeness (QED) is 0.798. The molecule has 0 saturated heterocycles. The molecule has 0 aromatic heterocycles. The number of halogens is 3. The monoisotopic (exact) mass is 293 g/mol. The first-order valence-corrected chi connectivity index (χ1v) is 5.35. The molecule has 0 radical (unpaired) electrons. The third-order valence-electron chi connectivity index (χ3n) is 1.43. The Morgan fingerprint density at radius 2 is 2.29 bits per heavy atom. The van der Waals surface area contributed by atoms with Crippen molar-refractivity contribution in [3.8, 4) is 11.8 Å². The van der Waals surface area contributed by atoms with Crippen LogP contribution in [0.3, 0.4) is 0 Å². The lowest BCUT2D eigenvalue weighted by Crippen LogP contribution is -2.08. The maximum absolute atomic E-state index is 8.42. The molecule has 14 heavy (non-hydrogen) atoms. The van der Waals surface area contributed by atoms with Gasteiger partial charge in [-0.25, -0.2) is 0 Å². The minimum absolute atomic E-state index is 0.149. The van der Waals surface area contributed by atoms with Crippen LogP contribution in [-0.4, -0.2) is 12.0 Å². The van der Waals surface area contributed by atoms with Gasteiger partial charge in [-0.1, -0.05) is 11.6 Å². The predicted molar refractivity (Wildman–Crippen MR) is 59.9 cm³/mol. The van der Waals surface area contributed by atoms with Crippen LogP contribution in [0.2, 0.25) is 5.02 Å². The van der Waals surface area contributed by atoms with Gasteiger partial charge in [0.1, 0.15) is 12.4 Å². The average Bonchev–Trinajstić information content (AvgIpc) is 2.19. The summed E-state index contributed by atoms with van der Waals surface area (Å²) in [6.07, 6.45) is 0. The fourth-order valence-corrected chi connectivity index (χ4v) is 1.25. The first-order chi connectivity index (χ1) is 6.63. The predicted octanol–water partition coefficient (Wildman–Crippen LogP) is 3.61. The van der Waals surface area contributed by atoms with Crippen molar-refractivity contribution in [2.75, 3.05) is 6.61 Å². The number of ether oxygens (including phenoxy) is 1. The number of hydrogen-bond acceptors (Lipinski definition) is 2. The Morgan fingerprint density at radius 1 is 1.57 bits per heavy atom. The van der Waals surface area contributed by atoms with Crippen molar-refractivity contribution in [2.45, 2.75) is 5.38 Å². The molecule has 1 aromatic carbocycles. The van der Waals surface area contributed by atoms with Crippen LogP contribution in [0.25, 0.3) is 0 Å². The maximum Gasteiger partial charge on any atom is 0.154 e. The summed E-state index contributed by atoms with van der Waals surface area (Å²) in [6.45, 7) is 0.149. The van der Waals surface area contributed by atoms with Crippen LogP contribution in [0, 0.1) is 11.3 Å². The summed E-state index contributed by atoms with van der Waals surface area (Å²) in [6, 6.07) is 7.04. The molecule has 1 aromatic rings. The van der Waals surface area contributed by atoms with E-state index in [1.165, 1.54) is 0 Å². The molecule has 0 aliphatic heterocycles. The molecule has 0 N–H and O–H groups in total. The normalized spacial score (nSPS) is 11.9. The number of benzene rings is 1. The van der Waals surface area contributed by atoms with Crippen molar-refractivity contribution in [3.63, 3.8) is 0 Å². The van der Waals surface area contributed by atoms with Gasteiger partial charge in [-0.3, -0.25) is 0 Å². The van der Waals surface area contributed by atoms with Gasteiger partial charge in [0.15, 0.2) is 5.38 Å². The molecule has 5 heteroatoms. The second kappa shape index (κ2) is 5.45. The van der Waals surface area contributed by atoms with E-state index in [-0.39, 0.29) is 6.61 Å². The minimum Gasteiger partial charge on any atom is -0.491 e. The van der Waals surface area contributed by atoms with E-state index in [0.717, 1.165) is 4.47 Å². The van der Waals surface area contributed by atoms with Crippen LogP contribution in [0.5, 0.6) is 5.75 Å². The molecule has 2 nitrogen and oxygen atoms in total. The van der Waals surface area contributed by atoms with Crippen LogP contribution in [0.1, 0.15) is 0 Å². The van der Waals surface area contributed by atoms with Crippen molar-refractivity contribution in [3.05, 3.63) is 27.7 Å². The van der Waals surface area contributed by atoms with E-state index in [0.29, 0.717) is 10.8 Å². The van der Waals surface area contributed by atoms with Crippen molar-refractivity contribution in [1.29, 1.82) is 5.26 Å². The summed E-state index contributed by atoms with van der Waals surface area (Å²) in [5.74, 6) is 0.596. The number of nitrogens with zero attached hydrogens (tertiary/aromatic N) is 1. The Bertz CT molecular complexity index is 364. The Hall–Kier alpha value is -0.430. The highest BCUT2D eigenvalue weighted by molar-refractivity contribution is 9.10. The largest absolute Gasteiger partial charge is 0.491 e. The molecule has 1 atom stereocenters. The lowest BCUT2D eigenvalue weighted by molar-refractivity contribution is 0.329. The zero-order chi connectivity index (χ0) is 10.6. The van der Waals surface area contributed by atoms with E-state index in [1.54, 1.807) is 18.2 Å². The summed E-state index contributed by atoms with van der Waals surface area (Å²) < 4.78 is 6.03. The number of alkyl halides is 1. The van der Waals surface area contributed by atoms with E-state index >= 15 is 0 Å². The third-order valence-corrected chi connectivity index (χ3v) is 2.88. The fourth-order valence-electron chi connectivity index (χ4n) is 0.773. The highest BCUT2D eigenvalue weighted by Crippen LogP contribution is 2.26. The van der Waals surface area contributed by atoms with Crippen LogP contribution in [0.4, 0.5) is 0 Å². The molecule has 0 aliphatic rings. The zero-order valence-corrected chi connectivity index (χ0v) is 10.1. The highest BCUT2D eigenvalue weighted by atomic mass is 79.9. The van der Waals surface area contributed by atoms with Gasteiger partial charge in [0, 0.05) is 4.47 Å². The molecule has 0 amide bonds. The Balaban J connectivity index is 2.61. The molecule has 0 aliphatic carbocycles. The molecule has 1 unspecified atom stereocenters. The summed E-state index contributed by atoms with van der Waals surface area (Å²) in [5, 5.41) is 8.34. The van der Waals surface area contributed by atoms with E-state index in [9.17, 15) is 0 Å². The number of hydrogen-bond donors (Lipinski definition) is 0. The van der Waals surface area contributed by atoms with Crippen LogP contribution >= 0.6 is 39.1 Å². The Kier molecular flexibility index (Phi) is 4.53. The van der Waals surface area contributed by atoms with Crippen LogP contribution in [-0.2, 0) is 0 Å². The van der Waals surface area contributed by atoms with E-state index in [1.807, 2.05) is 6.07 Å². The second-order valence-corrected chi connectivity index (χ2v) is 4.27. The lowest BCUT2D eigenvalue weighted by atomic mass is 10.3. The third kappa shape index (κ3) is 3.38. The summed E-state index contributed by atoms with van der Waals surface area (Å²) in [7, 11) is 0. The molecule has 0 spiro atoms. The lowest BCUT2D eigenvalue weighted by Gasteiger charge is -2.06. The molecule has 1 rings (SSSR count). The van der Waals surface area contributed by atoms with Crippen molar-refractivity contribution in [1.82, 2.24) is 0 Å². The molecule has 0 bridgehead atoms. The minimum atomic E-state index is -0.641. The molecule has 0 fully saturated rings. The van der Waals surface area contributed by atoms with Gasteiger partial charge >= 0.3 is 0 Å². The summed E-state index contributed by atoms with van der Waals surface area (Å²) >= 11 is 14.7. The number of rotatable bonds is 3. The second-order valence-electron chi connectivity index (χ2n) is 2.48. The van der Waals surface area contributed by atoms with E-state index < -0.39 is 5.38 Å². The Labute approximate surface area is 101 Å². The van der Waals surface area contributed by atoms with Gasteiger partial charge in [-0.2, -0.15) is 5.26 Å². The van der Waals surface area contributed by atoms with Gasteiger partial charge < -0.3 is 4.74 Å². The van der Waals surface area contributed by atoms with Gasteiger partial charge in [0.25, 0.3) is 0 Å². The van der Waals surface area contributed by atoms with Crippen LogP contribution in [0.15, 0.2) is 22.7 Å². The van der Waals surface area contributed by atoms with Crippen molar-refractivity contribution >= 4 is 39.1 Å². The topological polar surface area (TPSA) is 33.0 Å². The fraction of sp³-hybridized carbons (Fsp3) is 0.222. The maximum atomic E-state index is 8.42. The van der Waals surface area contributed by atoms with Crippen molar-refractivity contribution < 1.29 is 4.74 Å². The van der Waals surface area contributed by atoms with Gasteiger partial charge in [0.05, 0.1) is 11.1 Å². The van der Waals surface area contributed by atoms with Gasteiger partial charge in [-0.05, 0) is 34.1 Å². The first-order valence-electron chi connectivity index (χ1n) is 3.75. The molecule has 0 heterocycles. The molecule has 74 valence electrons. The summed E-state index contributed by atoms with van der Waals surface area (Å²) in [4.78, 5) is 0. The highest BCUT2D eigenvalue weighted by Gasteiger charge is 2.04. The number of nitriles is 1. The van der Waals surface area contributed by atoms with E-state index in [4.69, 9.17) is 33.2 Å². The molecular weight excluding hydrogens is 289 g/mol.